The van der Waals surface area contributed by atoms with Crippen LogP contribution in [0.3, 0.4) is 0 Å². The molecule has 0 amide bonds. The molecule has 6 heteroatoms. The van der Waals surface area contributed by atoms with Gasteiger partial charge in [0, 0.05) is 6.04 Å². The highest BCUT2D eigenvalue weighted by Crippen LogP contribution is 2.17. The maximum Gasteiger partial charge on any atom is 0.274 e. The van der Waals surface area contributed by atoms with Gasteiger partial charge in [-0.1, -0.05) is 19.1 Å². The second kappa shape index (κ2) is 5.69. The van der Waals surface area contributed by atoms with Crippen molar-refractivity contribution in [3.05, 3.63) is 30.0 Å². The molecule has 0 aromatic carbocycles. The Balaban J connectivity index is 2.02. The van der Waals surface area contributed by atoms with Crippen molar-refractivity contribution >= 4 is 10.0 Å². The van der Waals surface area contributed by atoms with E-state index in [2.05, 4.69) is 10.0 Å². The number of nitrogens with one attached hydrogen (secondary N) is 2. The third-order valence-corrected chi connectivity index (χ3v) is 4.17. The number of hydrogen-bond donors (Lipinski definition) is 2. The number of furan rings is 1. The van der Waals surface area contributed by atoms with Crippen LogP contribution in [0.15, 0.2) is 33.8 Å². The highest BCUT2D eigenvalue weighted by Gasteiger charge is 2.23. The second-order valence-corrected chi connectivity index (χ2v) is 5.91. The van der Waals surface area contributed by atoms with Crippen LogP contribution in [0.2, 0.25) is 0 Å². The molecule has 5 nitrogen and oxygen atoms in total. The average Bonchev–Trinajstić information content (AvgIpc) is 2.96. The molecule has 1 heterocycles. The van der Waals surface area contributed by atoms with E-state index >= 15 is 0 Å². The van der Waals surface area contributed by atoms with Gasteiger partial charge < -0.3 is 9.73 Å². The maximum absolute atomic E-state index is 12.0. The summed E-state index contributed by atoms with van der Waals surface area (Å²) >= 11 is 0. The van der Waals surface area contributed by atoms with E-state index in [4.69, 9.17) is 4.42 Å². The van der Waals surface area contributed by atoms with Crippen molar-refractivity contribution in [1.82, 2.24) is 10.0 Å². The summed E-state index contributed by atoms with van der Waals surface area (Å²) in [6.07, 6.45) is 5.44. The Morgan fingerprint density at radius 1 is 1.33 bits per heavy atom. The number of hydrogen-bond acceptors (Lipinski definition) is 4. The fourth-order valence-electron chi connectivity index (χ4n) is 1.84. The van der Waals surface area contributed by atoms with Gasteiger partial charge in [0.2, 0.25) is 5.09 Å². The first-order valence-electron chi connectivity index (χ1n) is 6.08. The molecule has 18 heavy (non-hydrogen) atoms. The van der Waals surface area contributed by atoms with Crippen molar-refractivity contribution in [2.45, 2.75) is 37.4 Å². The van der Waals surface area contributed by atoms with Gasteiger partial charge in [0.05, 0.1) is 6.54 Å². The van der Waals surface area contributed by atoms with Crippen molar-refractivity contribution in [1.29, 1.82) is 0 Å². The summed E-state index contributed by atoms with van der Waals surface area (Å²) in [6.45, 7) is 3.33. The van der Waals surface area contributed by atoms with Crippen LogP contribution in [0.4, 0.5) is 0 Å². The molecule has 0 saturated carbocycles. The van der Waals surface area contributed by atoms with E-state index in [1.165, 1.54) is 6.07 Å². The molecule has 0 radical (unpaired) electrons. The van der Waals surface area contributed by atoms with Crippen molar-refractivity contribution in [3.63, 3.8) is 0 Å². The summed E-state index contributed by atoms with van der Waals surface area (Å²) in [5, 5.41) is 3.07. The van der Waals surface area contributed by atoms with Crippen LogP contribution in [-0.4, -0.2) is 21.0 Å². The molecule has 0 saturated heterocycles. The molecule has 1 aliphatic carbocycles. The molecule has 0 atom stereocenters. The van der Waals surface area contributed by atoms with Crippen LogP contribution in [0.25, 0.3) is 0 Å². The van der Waals surface area contributed by atoms with Gasteiger partial charge in [0.25, 0.3) is 10.0 Å². The van der Waals surface area contributed by atoms with Crippen LogP contribution in [0.1, 0.15) is 25.5 Å². The van der Waals surface area contributed by atoms with Crippen LogP contribution in [0, 0.1) is 0 Å². The highest BCUT2D eigenvalue weighted by atomic mass is 32.2. The summed E-state index contributed by atoms with van der Waals surface area (Å²) in [4.78, 5) is 0. The molecule has 0 spiro atoms. The van der Waals surface area contributed by atoms with Crippen molar-refractivity contribution in [2.75, 3.05) is 6.54 Å². The van der Waals surface area contributed by atoms with Crippen molar-refractivity contribution in [3.8, 4) is 0 Å². The zero-order valence-electron chi connectivity index (χ0n) is 10.3. The predicted octanol–water partition coefficient (Wildman–Crippen LogP) is 1.39. The summed E-state index contributed by atoms with van der Waals surface area (Å²) in [5.74, 6) is 0.627. The fraction of sp³-hybridized carbons (Fsp3) is 0.500. The van der Waals surface area contributed by atoms with Gasteiger partial charge in [-0.3, -0.25) is 0 Å². The zero-order valence-corrected chi connectivity index (χ0v) is 11.2. The standard InChI is InChI=1S/C12H18N2O3S/c1-2-13-9-11-7-8-12(17-11)18(15,16)14-10-5-3-4-6-10/h3-4,7-8,10,13-14H,2,5-6,9H2,1H3. The third-order valence-electron chi connectivity index (χ3n) is 2.78. The first-order valence-corrected chi connectivity index (χ1v) is 7.57. The summed E-state index contributed by atoms with van der Waals surface area (Å²) in [7, 11) is -3.53. The van der Waals surface area contributed by atoms with Gasteiger partial charge in [0.15, 0.2) is 0 Å². The van der Waals surface area contributed by atoms with Crippen molar-refractivity contribution < 1.29 is 12.8 Å². The summed E-state index contributed by atoms with van der Waals surface area (Å²) in [6, 6.07) is 3.14. The molecule has 100 valence electrons. The van der Waals surface area contributed by atoms with E-state index in [1.807, 2.05) is 19.1 Å². The van der Waals surface area contributed by atoms with Crippen LogP contribution >= 0.6 is 0 Å². The van der Waals surface area contributed by atoms with Gasteiger partial charge >= 0.3 is 0 Å². The third kappa shape index (κ3) is 3.22. The molecule has 0 unspecified atom stereocenters. The molecule has 0 fully saturated rings. The molecule has 1 aliphatic rings. The molecule has 0 aliphatic heterocycles. The van der Waals surface area contributed by atoms with Gasteiger partial charge in [-0.25, -0.2) is 13.1 Å². The summed E-state index contributed by atoms with van der Waals surface area (Å²) < 4.78 is 32.0. The normalized spacial score (nSPS) is 16.5. The average molecular weight is 270 g/mol. The van der Waals surface area contributed by atoms with Gasteiger partial charge in [-0.05, 0) is 31.5 Å². The Hall–Kier alpha value is -1.11. The van der Waals surface area contributed by atoms with E-state index in [0.717, 1.165) is 19.4 Å². The Morgan fingerprint density at radius 3 is 2.72 bits per heavy atom. The predicted molar refractivity (Wildman–Crippen MR) is 68.6 cm³/mol. The summed E-state index contributed by atoms with van der Waals surface area (Å²) in [5.41, 5.74) is 0. The molecular formula is C12H18N2O3S. The van der Waals surface area contributed by atoms with Crippen LogP contribution in [0.5, 0.6) is 0 Å². The fourth-order valence-corrected chi connectivity index (χ4v) is 3.05. The van der Waals surface area contributed by atoms with E-state index in [9.17, 15) is 8.42 Å². The Kier molecular flexibility index (Phi) is 4.21. The minimum absolute atomic E-state index is 0.0118. The largest absolute Gasteiger partial charge is 0.447 e. The van der Waals surface area contributed by atoms with Crippen LogP contribution < -0.4 is 10.0 Å². The molecular weight excluding hydrogens is 252 g/mol. The monoisotopic (exact) mass is 270 g/mol. The van der Waals surface area contributed by atoms with Crippen LogP contribution in [-0.2, 0) is 16.6 Å². The van der Waals surface area contributed by atoms with Gasteiger partial charge in [-0.15, -0.1) is 0 Å². The lowest BCUT2D eigenvalue weighted by molar-refractivity contribution is 0.399. The first kappa shape index (κ1) is 13.3. The molecule has 1 aromatic heterocycles. The van der Waals surface area contributed by atoms with E-state index in [-0.39, 0.29) is 11.1 Å². The van der Waals surface area contributed by atoms with Gasteiger partial charge in [0.1, 0.15) is 5.76 Å². The van der Waals surface area contributed by atoms with E-state index in [0.29, 0.717) is 12.3 Å². The Bertz CT molecular complexity index is 511. The number of sulfonamides is 1. The van der Waals surface area contributed by atoms with E-state index < -0.39 is 10.0 Å². The first-order chi connectivity index (χ1) is 8.62. The Morgan fingerprint density at radius 2 is 2.06 bits per heavy atom. The van der Waals surface area contributed by atoms with E-state index in [1.54, 1.807) is 6.07 Å². The quantitative estimate of drug-likeness (QED) is 0.766. The number of rotatable bonds is 6. The lowest BCUT2D eigenvalue weighted by Gasteiger charge is -2.10. The second-order valence-electron chi connectivity index (χ2n) is 4.26. The molecule has 1 aromatic rings. The lowest BCUT2D eigenvalue weighted by Crippen LogP contribution is -2.32. The van der Waals surface area contributed by atoms with Crippen molar-refractivity contribution in [2.24, 2.45) is 0 Å². The molecule has 2 rings (SSSR count). The topological polar surface area (TPSA) is 71.3 Å². The maximum atomic E-state index is 12.0. The smallest absolute Gasteiger partial charge is 0.274 e. The zero-order chi connectivity index (χ0) is 13.0. The molecule has 2 N–H and O–H groups in total. The van der Waals surface area contributed by atoms with Gasteiger partial charge in [-0.2, -0.15) is 0 Å². The highest BCUT2D eigenvalue weighted by molar-refractivity contribution is 7.89. The lowest BCUT2D eigenvalue weighted by atomic mass is 10.3. The minimum Gasteiger partial charge on any atom is -0.447 e. The minimum atomic E-state index is -3.53. The Labute approximate surface area is 107 Å². The SMILES string of the molecule is CCNCc1ccc(S(=O)(=O)NC2CC=CC2)o1. The molecule has 0 bridgehead atoms.